The molecule has 0 aliphatic heterocycles. The van der Waals surface area contributed by atoms with Gasteiger partial charge >= 0.3 is 0 Å². The molecule has 1 aliphatic rings. The number of Topliss-reactive ketones (excluding diaryl/α,β-unsaturated/α-hetero) is 1. The second kappa shape index (κ2) is 10.2. The summed E-state index contributed by atoms with van der Waals surface area (Å²) in [6.07, 6.45) is 5.25. The van der Waals surface area contributed by atoms with Gasteiger partial charge in [0, 0.05) is 50.7 Å². The molecule has 1 aliphatic carbocycles. The van der Waals surface area contributed by atoms with Gasteiger partial charge in [0.25, 0.3) is 0 Å². The molecule has 1 aromatic carbocycles. The maximum absolute atomic E-state index is 13.1. The van der Waals surface area contributed by atoms with E-state index in [2.05, 4.69) is 15.4 Å². The van der Waals surface area contributed by atoms with E-state index in [0.717, 1.165) is 23.4 Å². The summed E-state index contributed by atoms with van der Waals surface area (Å²) in [5, 5.41) is 7.56. The summed E-state index contributed by atoms with van der Waals surface area (Å²) in [5.74, 6) is -0.0778. The second-order valence-electron chi connectivity index (χ2n) is 8.31. The van der Waals surface area contributed by atoms with Crippen molar-refractivity contribution in [2.45, 2.75) is 39.2 Å². The largest absolute Gasteiger partial charge is 0.497 e. The van der Waals surface area contributed by atoms with Gasteiger partial charge in [-0.05, 0) is 18.6 Å². The van der Waals surface area contributed by atoms with Gasteiger partial charge in [-0.2, -0.15) is 5.10 Å². The van der Waals surface area contributed by atoms with Gasteiger partial charge in [0.2, 0.25) is 11.8 Å². The molecule has 9 nitrogen and oxygen atoms in total. The molecule has 34 heavy (non-hydrogen) atoms. The first-order chi connectivity index (χ1) is 16.4. The number of methoxy groups -OCH3 is 1. The van der Waals surface area contributed by atoms with Crippen molar-refractivity contribution in [2.24, 2.45) is 5.92 Å². The molecule has 0 fully saturated rings. The molecular formula is C24H27N5O4S. The minimum absolute atomic E-state index is 0.104. The Hall–Kier alpha value is -3.53. The van der Waals surface area contributed by atoms with Crippen LogP contribution in [0.5, 0.6) is 5.75 Å². The number of nitrogens with zero attached hydrogens (tertiary/aromatic N) is 4. The Morgan fingerprint density at radius 2 is 2.15 bits per heavy atom. The van der Waals surface area contributed by atoms with Crippen LogP contribution in [-0.2, 0) is 22.6 Å². The lowest BCUT2D eigenvalue weighted by Gasteiger charge is -2.25. The number of hydrogen-bond donors (Lipinski definition) is 1. The first-order valence-corrected chi connectivity index (χ1v) is 11.9. The Morgan fingerprint density at radius 1 is 1.32 bits per heavy atom. The van der Waals surface area contributed by atoms with Crippen LogP contribution in [0.1, 0.15) is 47.1 Å². The third-order valence-electron chi connectivity index (χ3n) is 5.64. The number of benzene rings is 1. The lowest BCUT2D eigenvalue weighted by molar-refractivity contribution is -0.134. The van der Waals surface area contributed by atoms with Crippen LogP contribution in [0.2, 0.25) is 0 Å². The van der Waals surface area contributed by atoms with Crippen LogP contribution >= 0.6 is 11.3 Å². The Bertz CT molecular complexity index is 1220. The minimum Gasteiger partial charge on any atom is -0.497 e. The van der Waals surface area contributed by atoms with Crippen molar-refractivity contribution in [1.82, 2.24) is 19.7 Å². The van der Waals surface area contributed by atoms with Gasteiger partial charge in [-0.3, -0.25) is 14.4 Å². The number of ether oxygens (including phenoxy) is 1. The number of aromatic nitrogens is 3. The molecule has 1 N–H and O–H groups in total. The number of thiazole rings is 1. The number of fused-ring (bicyclic) bond motifs is 1. The van der Waals surface area contributed by atoms with Gasteiger partial charge in [-0.15, -0.1) is 0 Å². The van der Waals surface area contributed by atoms with E-state index in [0.29, 0.717) is 35.1 Å². The summed E-state index contributed by atoms with van der Waals surface area (Å²) in [5.41, 5.74) is 2.32. The summed E-state index contributed by atoms with van der Waals surface area (Å²) < 4.78 is 7.00. The molecular weight excluding hydrogens is 454 g/mol. The van der Waals surface area contributed by atoms with Crippen LogP contribution in [0.15, 0.2) is 36.7 Å². The number of rotatable bonds is 8. The predicted molar refractivity (Wildman–Crippen MR) is 128 cm³/mol. The molecule has 0 saturated carbocycles. The lowest BCUT2D eigenvalue weighted by atomic mass is 9.89. The van der Waals surface area contributed by atoms with Gasteiger partial charge in [0.1, 0.15) is 5.75 Å². The zero-order valence-electron chi connectivity index (χ0n) is 19.4. The average molecular weight is 482 g/mol. The summed E-state index contributed by atoms with van der Waals surface area (Å²) in [4.78, 5) is 44.2. The molecule has 0 bridgehead atoms. The molecule has 4 rings (SSSR count). The van der Waals surface area contributed by atoms with Crippen molar-refractivity contribution in [3.05, 3.63) is 52.8 Å². The van der Waals surface area contributed by atoms with Gasteiger partial charge in [-0.25, -0.2) is 9.67 Å². The van der Waals surface area contributed by atoms with E-state index >= 15 is 0 Å². The first-order valence-electron chi connectivity index (χ1n) is 11.1. The minimum atomic E-state index is -0.472. The van der Waals surface area contributed by atoms with Crippen molar-refractivity contribution < 1.29 is 19.1 Å². The van der Waals surface area contributed by atoms with Gasteiger partial charge in [0.15, 0.2) is 10.9 Å². The van der Waals surface area contributed by atoms with Gasteiger partial charge in [-0.1, -0.05) is 24.3 Å². The van der Waals surface area contributed by atoms with E-state index < -0.39 is 5.92 Å². The molecule has 0 saturated heterocycles. The Kier molecular flexibility index (Phi) is 7.06. The van der Waals surface area contributed by atoms with Crippen molar-refractivity contribution in [2.75, 3.05) is 19.5 Å². The highest BCUT2D eigenvalue weighted by Gasteiger charge is 2.34. The fourth-order valence-electron chi connectivity index (χ4n) is 3.97. The lowest BCUT2D eigenvalue weighted by Crippen LogP contribution is -2.36. The highest BCUT2D eigenvalue weighted by atomic mass is 32.1. The number of carbonyl (C=O) groups is 3. The molecule has 2 aromatic heterocycles. The topological polar surface area (TPSA) is 106 Å². The third kappa shape index (κ3) is 5.17. The maximum atomic E-state index is 13.1. The number of hydrogen-bond acceptors (Lipinski definition) is 7. The monoisotopic (exact) mass is 481 g/mol. The van der Waals surface area contributed by atoms with E-state index in [1.807, 2.05) is 37.4 Å². The molecule has 1 atom stereocenters. The number of ketones is 1. The van der Waals surface area contributed by atoms with Crippen molar-refractivity contribution >= 4 is 34.1 Å². The molecule has 2 heterocycles. The number of amides is 2. The predicted octanol–water partition coefficient (Wildman–Crippen LogP) is 3.48. The summed E-state index contributed by atoms with van der Waals surface area (Å²) in [7, 11) is 3.34. The first kappa shape index (κ1) is 23.6. The quantitative estimate of drug-likeness (QED) is 0.528. The maximum Gasteiger partial charge on any atom is 0.226 e. The van der Waals surface area contributed by atoms with Crippen LogP contribution in [0.3, 0.4) is 0 Å². The molecule has 0 spiro atoms. The van der Waals surface area contributed by atoms with Crippen LogP contribution in [0.4, 0.5) is 5.13 Å². The van der Waals surface area contributed by atoms with Crippen molar-refractivity contribution in [1.29, 1.82) is 0 Å². The fourth-order valence-corrected chi connectivity index (χ4v) is 4.92. The third-order valence-corrected chi connectivity index (χ3v) is 6.70. The Labute approximate surface area is 201 Å². The summed E-state index contributed by atoms with van der Waals surface area (Å²) in [6.45, 7) is 2.29. The fraction of sp³-hybridized carbons (Fsp3) is 0.375. The van der Waals surface area contributed by atoms with E-state index in [1.165, 1.54) is 11.3 Å². The molecule has 10 heteroatoms. The van der Waals surface area contributed by atoms with E-state index in [1.54, 1.807) is 29.9 Å². The SMILES string of the molecule is CCCC(=O)Nc1nc2c(s1)C(=O)CC(C(=O)N(C)Cc1cnn(-c3cccc(OC)c3)c1)C2. The van der Waals surface area contributed by atoms with Crippen molar-refractivity contribution in [3.63, 3.8) is 0 Å². The molecule has 2 amide bonds. The molecule has 178 valence electrons. The Morgan fingerprint density at radius 3 is 2.91 bits per heavy atom. The van der Waals surface area contributed by atoms with E-state index in [9.17, 15) is 14.4 Å². The van der Waals surface area contributed by atoms with Gasteiger partial charge < -0.3 is 15.0 Å². The second-order valence-corrected chi connectivity index (χ2v) is 9.31. The molecule has 0 radical (unpaired) electrons. The van der Waals surface area contributed by atoms with Gasteiger partial charge in [0.05, 0.1) is 35.5 Å². The standard InChI is InChI=1S/C24H27N5O4S/c1-4-6-21(31)27-24-26-19-9-16(10-20(30)22(19)34-24)23(32)28(2)13-15-12-25-29(14-15)17-7-5-8-18(11-17)33-3/h5,7-8,11-12,14,16H,4,6,9-10,13H2,1-3H3,(H,26,27,31). The van der Waals surface area contributed by atoms with Crippen LogP contribution in [-0.4, -0.2) is 51.4 Å². The summed E-state index contributed by atoms with van der Waals surface area (Å²) >= 11 is 1.19. The van der Waals surface area contributed by atoms with Crippen LogP contribution in [0, 0.1) is 5.92 Å². The van der Waals surface area contributed by atoms with Crippen LogP contribution < -0.4 is 10.1 Å². The zero-order valence-corrected chi connectivity index (χ0v) is 20.2. The highest BCUT2D eigenvalue weighted by molar-refractivity contribution is 7.17. The smallest absolute Gasteiger partial charge is 0.226 e. The number of carbonyl (C=O) groups excluding carboxylic acids is 3. The summed E-state index contributed by atoms with van der Waals surface area (Å²) in [6, 6.07) is 7.55. The number of anilines is 1. The number of nitrogens with one attached hydrogen (secondary N) is 1. The zero-order chi connectivity index (χ0) is 24.2. The van der Waals surface area contributed by atoms with E-state index in [-0.39, 0.29) is 24.0 Å². The Balaban J connectivity index is 1.41. The van der Waals surface area contributed by atoms with Crippen LogP contribution in [0.25, 0.3) is 5.69 Å². The molecule has 1 unspecified atom stereocenters. The van der Waals surface area contributed by atoms with Crippen molar-refractivity contribution in [3.8, 4) is 11.4 Å². The normalized spacial score (nSPS) is 15.0. The highest BCUT2D eigenvalue weighted by Crippen LogP contribution is 2.33. The van der Waals surface area contributed by atoms with E-state index in [4.69, 9.17) is 4.74 Å². The average Bonchev–Trinajstić information content (AvgIpc) is 3.45. The molecule has 3 aromatic rings.